The van der Waals surface area contributed by atoms with Gasteiger partial charge in [-0.05, 0) is 41.5 Å². The van der Waals surface area contributed by atoms with Gasteiger partial charge < -0.3 is 9.67 Å². The molecule has 0 aliphatic heterocycles. The Labute approximate surface area is 221 Å². The molecule has 0 saturated heterocycles. The van der Waals surface area contributed by atoms with Crippen LogP contribution >= 0.6 is 0 Å². The molecule has 0 spiro atoms. The van der Waals surface area contributed by atoms with Crippen molar-refractivity contribution in [1.29, 1.82) is 0 Å². The van der Waals surface area contributed by atoms with Crippen molar-refractivity contribution in [3.63, 3.8) is 0 Å². The highest BCUT2D eigenvalue weighted by Gasteiger charge is 2.30. The van der Waals surface area contributed by atoms with E-state index in [1.54, 1.807) is 6.08 Å². The highest BCUT2D eigenvalue weighted by molar-refractivity contribution is 5.85. The molecule has 6 aromatic rings. The molecule has 4 aromatic carbocycles. The number of aromatic nitrogens is 4. The maximum Gasteiger partial charge on any atom is 0.113 e. The van der Waals surface area contributed by atoms with Crippen molar-refractivity contribution in [2.45, 2.75) is 12.0 Å². The molecule has 1 N–H and O–H groups in total. The molecule has 2 aromatic heterocycles. The molecule has 0 amide bonds. The maximum absolute atomic E-state index is 11.2. The lowest BCUT2D eigenvalue weighted by molar-refractivity contribution is 0.416. The fraction of sp³-hybridized carbons (Fsp3) is 0.0909. The SMILES string of the molecule is Cn1cc(C(C(/C=C(O)/C=C/c2ccccc2)c2ccccc2)n2nnc3ccccc32)c2ccccc21. The minimum absolute atomic E-state index is 0.192. The van der Waals surface area contributed by atoms with Crippen LogP contribution in [0.3, 0.4) is 0 Å². The molecule has 5 nitrogen and oxygen atoms in total. The topological polar surface area (TPSA) is 55.9 Å². The van der Waals surface area contributed by atoms with Crippen LogP contribution in [0.15, 0.2) is 133 Å². The Bertz CT molecular complexity index is 1750. The molecule has 2 heterocycles. The van der Waals surface area contributed by atoms with E-state index in [1.165, 1.54) is 0 Å². The fourth-order valence-electron chi connectivity index (χ4n) is 5.21. The van der Waals surface area contributed by atoms with Crippen LogP contribution in [0.25, 0.3) is 28.0 Å². The number of aliphatic hydroxyl groups is 1. The van der Waals surface area contributed by atoms with E-state index in [0.717, 1.165) is 38.6 Å². The first-order valence-electron chi connectivity index (χ1n) is 12.7. The van der Waals surface area contributed by atoms with Gasteiger partial charge in [-0.2, -0.15) is 0 Å². The van der Waals surface area contributed by atoms with Crippen molar-refractivity contribution in [2.24, 2.45) is 7.05 Å². The van der Waals surface area contributed by atoms with Gasteiger partial charge in [-0.3, -0.25) is 0 Å². The molecule has 0 aliphatic rings. The highest BCUT2D eigenvalue weighted by Crippen LogP contribution is 2.41. The Hall–Kier alpha value is -4.90. The van der Waals surface area contributed by atoms with Crippen LogP contribution in [0, 0.1) is 0 Å². The summed E-state index contributed by atoms with van der Waals surface area (Å²) in [6.45, 7) is 0. The van der Waals surface area contributed by atoms with E-state index in [-0.39, 0.29) is 17.7 Å². The molecule has 0 fully saturated rings. The second-order valence-corrected chi connectivity index (χ2v) is 9.45. The van der Waals surface area contributed by atoms with Gasteiger partial charge in [0.25, 0.3) is 0 Å². The minimum Gasteiger partial charge on any atom is -0.508 e. The van der Waals surface area contributed by atoms with Gasteiger partial charge in [0, 0.05) is 35.6 Å². The lowest BCUT2D eigenvalue weighted by atomic mass is 9.86. The molecule has 5 heteroatoms. The monoisotopic (exact) mass is 496 g/mol. The number of fused-ring (bicyclic) bond motifs is 2. The van der Waals surface area contributed by atoms with E-state index in [2.05, 4.69) is 64.5 Å². The number of rotatable bonds is 7. The molecular formula is C33H28N4O. The van der Waals surface area contributed by atoms with Gasteiger partial charge in [0.1, 0.15) is 11.3 Å². The summed E-state index contributed by atoms with van der Waals surface area (Å²) in [6.07, 6.45) is 7.78. The fourth-order valence-corrected chi connectivity index (χ4v) is 5.21. The summed E-state index contributed by atoms with van der Waals surface area (Å²) >= 11 is 0. The van der Waals surface area contributed by atoms with Crippen molar-refractivity contribution >= 4 is 28.0 Å². The standard InChI is InChI=1S/C33H28N4O/c1-36-23-29(27-16-8-10-18-31(27)36)33(37-32-19-11-9-17-30(32)34-35-37)28(25-14-6-3-7-15-25)22-26(38)21-20-24-12-4-2-5-13-24/h2-23,28,33,38H,1H3/b21-20+,26-22-. The first kappa shape index (κ1) is 23.5. The largest absolute Gasteiger partial charge is 0.508 e. The summed E-state index contributed by atoms with van der Waals surface area (Å²) in [5, 5.41) is 21.5. The molecule has 6 rings (SSSR count). The second kappa shape index (κ2) is 10.2. The zero-order chi connectivity index (χ0) is 25.9. The van der Waals surface area contributed by atoms with Gasteiger partial charge >= 0.3 is 0 Å². The van der Waals surface area contributed by atoms with Gasteiger partial charge in [-0.25, -0.2) is 4.68 Å². The molecule has 0 bridgehead atoms. The zero-order valence-electron chi connectivity index (χ0n) is 21.1. The molecule has 2 atom stereocenters. The zero-order valence-corrected chi connectivity index (χ0v) is 21.1. The lowest BCUT2D eigenvalue weighted by Gasteiger charge is -2.26. The van der Waals surface area contributed by atoms with Crippen LogP contribution in [0.2, 0.25) is 0 Å². The first-order chi connectivity index (χ1) is 18.7. The van der Waals surface area contributed by atoms with Crippen LogP contribution in [0.1, 0.15) is 28.7 Å². The quantitative estimate of drug-likeness (QED) is 0.184. The van der Waals surface area contributed by atoms with Crippen molar-refractivity contribution in [3.8, 4) is 0 Å². The third kappa shape index (κ3) is 4.50. The average Bonchev–Trinajstić information content (AvgIpc) is 3.54. The molecule has 0 saturated carbocycles. The summed E-state index contributed by atoms with van der Waals surface area (Å²) in [7, 11) is 2.07. The van der Waals surface area contributed by atoms with Gasteiger partial charge in [0.2, 0.25) is 0 Å². The number of para-hydroxylation sites is 2. The smallest absolute Gasteiger partial charge is 0.113 e. The predicted molar refractivity (Wildman–Crippen MR) is 154 cm³/mol. The maximum atomic E-state index is 11.2. The molecule has 0 radical (unpaired) electrons. The van der Waals surface area contributed by atoms with Crippen molar-refractivity contribution < 1.29 is 5.11 Å². The van der Waals surface area contributed by atoms with Crippen LogP contribution in [-0.4, -0.2) is 24.7 Å². The van der Waals surface area contributed by atoms with Crippen molar-refractivity contribution in [3.05, 3.63) is 150 Å². The van der Waals surface area contributed by atoms with E-state index in [1.807, 2.05) is 89.6 Å². The number of hydrogen-bond acceptors (Lipinski definition) is 3. The summed E-state index contributed by atoms with van der Waals surface area (Å²) in [5.41, 5.74) is 6.13. The predicted octanol–water partition coefficient (Wildman–Crippen LogP) is 7.45. The molecule has 38 heavy (non-hydrogen) atoms. The summed E-state index contributed by atoms with van der Waals surface area (Å²) in [4.78, 5) is 0. The molecular weight excluding hydrogens is 468 g/mol. The number of benzene rings is 4. The second-order valence-electron chi connectivity index (χ2n) is 9.45. The Morgan fingerprint density at radius 2 is 1.45 bits per heavy atom. The molecule has 186 valence electrons. The van der Waals surface area contributed by atoms with Gasteiger partial charge in [-0.1, -0.05) is 102 Å². The van der Waals surface area contributed by atoms with Crippen molar-refractivity contribution in [1.82, 2.24) is 19.6 Å². The van der Waals surface area contributed by atoms with Crippen LogP contribution in [-0.2, 0) is 7.05 Å². The van der Waals surface area contributed by atoms with Crippen LogP contribution < -0.4 is 0 Å². The Kier molecular flexibility index (Phi) is 6.32. The van der Waals surface area contributed by atoms with Gasteiger partial charge in [0.05, 0.1) is 11.6 Å². The lowest BCUT2D eigenvalue weighted by Crippen LogP contribution is -2.20. The van der Waals surface area contributed by atoms with Crippen LogP contribution in [0.4, 0.5) is 0 Å². The number of allylic oxidation sites excluding steroid dienone is 2. The van der Waals surface area contributed by atoms with Gasteiger partial charge in [0.15, 0.2) is 0 Å². The average molecular weight is 497 g/mol. The van der Waals surface area contributed by atoms with E-state index in [0.29, 0.717) is 0 Å². The van der Waals surface area contributed by atoms with E-state index in [4.69, 9.17) is 0 Å². The Morgan fingerprint density at radius 3 is 2.24 bits per heavy atom. The third-order valence-electron chi connectivity index (χ3n) is 7.01. The Balaban J connectivity index is 1.57. The van der Waals surface area contributed by atoms with E-state index in [9.17, 15) is 5.11 Å². The Morgan fingerprint density at radius 1 is 0.789 bits per heavy atom. The number of hydrogen-bond donors (Lipinski definition) is 1. The minimum atomic E-state index is -0.261. The summed E-state index contributed by atoms with van der Waals surface area (Å²) < 4.78 is 4.15. The van der Waals surface area contributed by atoms with Crippen molar-refractivity contribution in [2.75, 3.05) is 0 Å². The summed E-state index contributed by atoms with van der Waals surface area (Å²) in [6, 6.07) is 36.4. The molecule has 2 unspecified atom stereocenters. The normalized spacial score (nSPS) is 13.9. The summed E-state index contributed by atoms with van der Waals surface area (Å²) in [5.74, 6) is -0.0371. The number of nitrogens with zero attached hydrogens (tertiary/aromatic N) is 4. The van der Waals surface area contributed by atoms with Crippen LogP contribution in [0.5, 0.6) is 0 Å². The number of aryl methyl sites for hydroxylation is 1. The highest BCUT2D eigenvalue weighted by atomic mass is 16.3. The van der Waals surface area contributed by atoms with E-state index < -0.39 is 0 Å². The van der Waals surface area contributed by atoms with E-state index >= 15 is 0 Å². The van der Waals surface area contributed by atoms with Gasteiger partial charge in [-0.15, -0.1) is 5.10 Å². The first-order valence-corrected chi connectivity index (χ1v) is 12.7. The third-order valence-corrected chi connectivity index (χ3v) is 7.01. The number of aliphatic hydroxyl groups excluding tert-OH is 1. The molecule has 0 aliphatic carbocycles.